The molecule has 7 atom stereocenters. The average molecular weight is 234 g/mol. The minimum absolute atomic E-state index is 0.441. The van der Waals surface area contributed by atoms with Crippen molar-refractivity contribution in [1.29, 1.82) is 0 Å². The number of hydrogen-bond donors (Lipinski definition) is 1. The first-order valence-electron chi connectivity index (χ1n) is 7.70. The fraction of sp³-hybridized carbons (Fsp3) is 1.00. The Labute approximate surface area is 105 Å². The summed E-state index contributed by atoms with van der Waals surface area (Å²) in [7, 11) is 0. The first kappa shape index (κ1) is 10.8. The molecule has 3 aliphatic carbocycles. The van der Waals surface area contributed by atoms with Crippen molar-refractivity contribution in [1.82, 2.24) is 4.90 Å². The predicted molar refractivity (Wildman–Crippen MR) is 69.5 cm³/mol. The van der Waals surface area contributed by atoms with Crippen molar-refractivity contribution in [2.75, 3.05) is 6.54 Å². The van der Waals surface area contributed by atoms with Crippen molar-refractivity contribution in [3.63, 3.8) is 0 Å². The molecule has 0 radical (unpaired) electrons. The van der Waals surface area contributed by atoms with Crippen LogP contribution >= 0.6 is 0 Å². The molecule has 0 aromatic carbocycles. The molecule has 0 aromatic rings. The highest BCUT2D eigenvalue weighted by molar-refractivity contribution is 5.18. The zero-order valence-electron chi connectivity index (χ0n) is 11.2. The van der Waals surface area contributed by atoms with E-state index < -0.39 is 0 Å². The molecule has 0 aromatic heterocycles. The van der Waals surface area contributed by atoms with Crippen molar-refractivity contribution in [3.8, 4) is 0 Å². The van der Waals surface area contributed by atoms with Crippen molar-refractivity contribution in [2.45, 2.75) is 57.7 Å². The van der Waals surface area contributed by atoms with E-state index in [0.29, 0.717) is 18.0 Å². The quantitative estimate of drug-likeness (QED) is 0.753. The van der Waals surface area contributed by atoms with E-state index >= 15 is 0 Å². The maximum Gasteiger partial charge on any atom is 0.0167 e. The van der Waals surface area contributed by atoms with Crippen LogP contribution < -0.4 is 5.73 Å². The Bertz CT molecular complexity index is 313. The molecule has 1 heterocycles. The van der Waals surface area contributed by atoms with Gasteiger partial charge in [0.25, 0.3) is 0 Å². The Hall–Kier alpha value is -0.0800. The maximum absolute atomic E-state index is 6.21. The van der Waals surface area contributed by atoms with E-state index in [1.807, 2.05) is 0 Å². The molecular formula is C15H26N2. The number of nitrogens with two attached hydrogens (primary N) is 1. The van der Waals surface area contributed by atoms with Crippen LogP contribution in [0.4, 0.5) is 0 Å². The van der Waals surface area contributed by atoms with Crippen molar-refractivity contribution in [3.05, 3.63) is 0 Å². The van der Waals surface area contributed by atoms with Gasteiger partial charge in [0.2, 0.25) is 0 Å². The third-order valence-electron chi connectivity index (χ3n) is 6.76. The van der Waals surface area contributed by atoms with Gasteiger partial charge in [-0.15, -0.1) is 0 Å². The number of rotatable bonds is 1. The molecular weight excluding hydrogens is 208 g/mol. The van der Waals surface area contributed by atoms with E-state index in [0.717, 1.165) is 29.7 Å². The Morgan fingerprint density at radius 1 is 1.00 bits per heavy atom. The van der Waals surface area contributed by atoms with Gasteiger partial charge in [-0.1, -0.05) is 6.92 Å². The molecule has 1 saturated heterocycles. The summed E-state index contributed by atoms with van der Waals surface area (Å²) >= 11 is 0. The van der Waals surface area contributed by atoms with Gasteiger partial charge in [0.15, 0.2) is 0 Å². The van der Waals surface area contributed by atoms with Gasteiger partial charge >= 0.3 is 0 Å². The molecule has 0 amide bonds. The third-order valence-corrected chi connectivity index (χ3v) is 6.76. The lowest BCUT2D eigenvalue weighted by Crippen LogP contribution is -2.53. The van der Waals surface area contributed by atoms with E-state index in [-0.39, 0.29) is 0 Å². The minimum atomic E-state index is 0.441. The normalized spacial score (nSPS) is 61.6. The predicted octanol–water partition coefficient (Wildman–Crippen LogP) is 2.09. The summed E-state index contributed by atoms with van der Waals surface area (Å²) in [4.78, 5) is 2.84. The van der Waals surface area contributed by atoms with Crippen molar-refractivity contribution in [2.24, 2.45) is 35.3 Å². The van der Waals surface area contributed by atoms with Gasteiger partial charge in [-0.25, -0.2) is 0 Å². The molecule has 2 bridgehead atoms. The highest BCUT2D eigenvalue weighted by Gasteiger charge is 2.67. The van der Waals surface area contributed by atoms with Gasteiger partial charge in [-0.2, -0.15) is 0 Å². The standard InChI is InChI=1S/C15H26N2/c1-8-9(2)17(6-5-12(8)16)15-13-10-3-4-11(7-10)14(13)15/h8-15H,3-7,16H2,1-2H3. The Morgan fingerprint density at radius 2 is 1.65 bits per heavy atom. The SMILES string of the molecule is CC1C(N)CCN(C2C3C4CCC(C4)C32)C1C. The summed E-state index contributed by atoms with van der Waals surface area (Å²) in [5.41, 5.74) is 6.21. The van der Waals surface area contributed by atoms with Crippen molar-refractivity contribution >= 4 is 0 Å². The number of likely N-dealkylation sites (tertiary alicyclic amines) is 1. The number of piperidine rings is 1. The van der Waals surface area contributed by atoms with Crippen LogP contribution in [0.5, 0.6) is 0 Å². The summed E-state index contributed by atoms with van der Waals surface area (Å²) in [6.45, 7) is 6.04. The highest BCUT2D eigenvalue weighted by atomic mass is 15.3. The zero-order chi connectivity index (χ0) is 11.7. The van der Waals surface area contributed by atoms with Crippen LogP contribution in [0, 0.1) is 29.6 Å². The van der Waals surface area contributed by atoms with Gasteiger partial charge in [-0.3, -0.25) is 4.90 Å². The fourth-order valence-corrected chi connectivity index (χ4v) is 5.57. The van der Waals surface area contributed by atoms with E-state index in [9.17, 15) is 0 Å². The third kappa shape index (κ3) is 1.34. The van der Waals surface area contributed by atoms with Gasteiger partial charge in [-0.05, 0) is 62.2 Å². The number of nitrogens with zero attached hydrogens (tertiary/aromatic N) is 1. The maximum atomic E-state index is 6.21. The van der Waals surface area contributed by atoms with Crippen LogP contribution in [-0.2, 0) is 0 Å². The molecule has 1 aliphatic heterocycles. The smallest absolute Gasteiger partial charge is 0.0167 e. The minimum Gasteiger partial charge on any atom is -0.327 e. The number of fused-ring (bicyclic) bond motifs is 5. The van der Waals surface area contributed by atoms with E-state index in [4.69, 9.17) is 5.73 Å². The molecule has 0 spiro atoms. The lowest BCUT2D eigenvalue weighted by atomic mass is 9.87. The summed E-state index contributed by atoms with van der Waals surface area (Å²) in [6.07, 6.45) is 5.87. The van der Waals surface area contributed by atoms with E-state index in [2.05, 4.69) is 18.7 Å². The van der Waals surface area contributed by atoms with E-state index in [1.165, 1.54) is 13.0 Å². The first-order valence-corrected chi connectivity index (χ1v) is 7.70. The van der Waals surface area contributed by atoms with Crippen LogP contribution in [0.2, 0.25) is 0 Å². The largest absolute Gasteiger partial charge is 0.327 e. The second kappa shape index (κ2) is 3.48. The molecule has 7 unspecified atom stereocenters. The van der Waals surface area contributed by atoms with Crippen LogP contribution in [0.15, 0.2) is 0 Å². The first-order chi connectivity index (χ1) is 8.18. The van der Waals surface area contributed by atoms with Crippen LogP contribution in [-0.4, -0.2) is 29.6 Å². The van der Waals surface area contributed by atoms with Crippen LogP contribution in [0.3, 0.4) is 0 Å². The second-order valence-electron chi connectivity index (χ2n) is 7.27. The van der Waals surface area contributed by atoms with Crippen molar-refractivity contribution < 1.29 is 0 Å². The molecule has 2 nitrogen and oxygen atoms in total. The van der Waals surface area contributed by atoms with Gasteiger partial charge < -0.3 is 5.73 Å². The van der Waals surface area contributed by atoms with E-state index in [1.54, 1.807) is 19.3 Å². The summed E-state index contributed by atoms with van der Waals surface area (Å²) in [6, 6.07) is 2.12. The Kier molecular flexibility index (Phi) is 2.21. The zero-order valence-corrected chi connectivity index (χ0v) is 11.2. The van der Waals surface area contributed by atoms with Gasteiger partial charge in [0.05, 0.1) is 0 Å². The van der Waals surface area contributed by atoms with Crippen LogP contribution in [0.25, 0.3) is 0 Å². The van der Waals surface area contributed by atoms with Gasteiger partial charge in [0, 0.05) is 24.7 Å². The summed E-state index contributed by atoms with van der Waals surface area (Å²) in [5, 5.41) is 0. The molecule has 4 fully saturated rings. The molecule has 2 heteroatoms. The van der Waals surface area contributed by atoms with Gasteiger partial charge in [0.1, 0.15) is 0 Å². The lowest BCUT2D eigenvalue weighted by molar-refractivity contribution is 0.0737. The Balaban J connectivity index is 1.50. The molecule has 4 aliphatic rings. The molecule has 2 N–H and O–H groups in total. The molecule has 96 valence electrons. The number of hydrogen-bond acceptors (Lipinski definition) is 2. The van der Waals surface area contributed by atoms with Crippen LogP contribution in [0.1, 0.15) is 39.5 Å². The fourth-order valence-electron chi connectivity index (χ4n) is 5.57. The molecule has 3 saturated carbocycles. The molecule has 4 rings (SSSR count). The Morgan fingerprint density at radius 3 is 2.29 bits per heavy atom. The summed E-state index contributed by atoms with van der Waals surface area (Å²) < 4.78 is 0. The second-order valence-corrected chi connectivity index (χ2v) is 7.27. The highest BCUT2D eigenvalue weighted by Crippen LogP contribution is 2.67. The summed E-state index contributed by atoms with van der Waals surface area (Å²) in [5.74, 6) is 5.08. The average Bonchev–Trinajstić information content (AvgIpc) is 2.76. The monoisotopic (exact) mass is 234 g/mol. The topological polar surface area (TPSA) is 29.3 Å². The molecule has 17 heavy (non-hydrogen) atoms. The lowest BCUT2D eigenvalue weighted by Gasteiger charge is -2.42.